The van der Waals surface area contributed by atoms with Gasteiger partial charge in [-0.3, -0.25) is 0 Å². The van der Waals surface area contributed by atoms with Gasteiger partial charge < -0.3 is 21.3 Å². The van der Waals surface area contributed by atoms with E-state index in [1.54, 1.807) is 17.0 Å². The smallest absolute Gasteiger partial charge is 0.317 e. The van der Waals surface area contributed by atoms with E-state index in [-0.39, 0.29) is 18.1 Å². The Bertz CT molecular complexity index is 581. The number of rotatable bonds is 3. The second-order valence-electron chi connectivity index (χ2n) is 6.19. The molecule has 7 heteroatoms. The number of hydrogen-bond acceptors (Lipinski definition) is 3. The van der Waals surface area contributed by atoms with Crippen molar-refractivity contribution in [2.75, 3.05) is 25.9 Å². The zero-order chi connectivity index (χ0) is 17.1. The first-order valence-electron chi connectivity index (χ1n) is 7.80. The average Bonchev–Trinajstić information content (AvgIpc) is 2.52. The van der Waals surface area contributed by atoms with Crippen LogP contribution in [0.2, 0.25) is 10.0 Å². The molecular weight excluding hydrogens is 335 g/mol. The summed E-state index contributed by atoms with van der Waals surface area (Å²) in [7, 11) is 1.84. The average molecular weight is 359 g/mol. The third-order valence-corrected chi connectivity index (χ3v) is 5.42. The van der Waals surface area contributed by atoms with Gasteiger partial charge in [-0.1, -0.05) is 36.2 Å². The highest BCUT2D eigenvalue weighted by Gasteiger charge is 2.28. The fourth-order valence-corrected chi connectivity index (χ4v) is 3.51. The Hall–Kier alpha value is -1.17. The van der Waals surface area contributed by atoms with E-state index >= 15 is 0 Å². The van der Waals surface area contributed by atoms with E-state index in [9.17, 15) is 4.79 Å². The third-order valence-electron chi connectivity index (χ3n) is 4.51. The van der Waals surface area contributed by atoms with Crippen molar-refractivity contribution in [2.45, 2.75) is 32.4 Å². The molecular formula is C16H24Cl2N4O. The Balaban J connectivity index is 2.06. The number of halogens is 2. The number of hydrogen-bond donors (Lipinski definition) is 3. The standard InChI is InChI=1S/C16H24Cl2N4O/c1-9-8-20-7-6-13(9)22(3)16(23)21-10(2)11-4-5-12(19)15(18)14(11)17/h4-5,9-10,13,20H,6-8,19H2,1-3H3,(H,21,23). The molecule has 4 N–H and O–H groups in total. The van der Waals surface area contributed by atoms with Crippen LogP contribution in [-0.2, 0) is 0 Å². The highest BCUT2D eigenvalue weighted by atomic mass is 35.5. The number of carbonyl (C=O) groups is 1. The highest BCUT2D eigenvalue weighted by molar-refractivity contribution is 6.44. The normalized spacial score (nSPS) is 22.5. The van der Waals surface area contributed by atoms with Gasteiger partial charge in [0.25, 0.3) is 0 Å². The van der Waals surface area contributed by atoms with Gasteiger partial charge >= 0.3 is 6.03 Å². The Morgan fingerprint density at radius 1 is 1.43 bits per heavy atom. The number of nitrogens with two attached hydrogens (primary N) is 1. The highest BCUT2D eigenvalue weighted by Crippen LogP contribution is 2.34. The summed E-state index contributed by atoms with van der Waals surface area (Å²) in [5.41, 5.74) is 6.92. The predicted molar refractivity (Wildman–Crippen MR) is 96.0 cm³/mol. The Morgan fingerprint density at radius 2 is 2.13 bits per heavy atom. The van der Waals surface area contributed by atoms with Gasteiger partial charge in [-0.15, -0.1) is 0 Å². The van der Waals surface area contributed by atoms with Crippen molar-refractivity contribution < 1.29 is 4.79 Å². The molecule has 1 aliphatic rings. The van der Waals surface area contributed by atoms with Crippen molar-refractivity contribution in [1.29, 1.82) is 0 Å². The Kier molecular flexibility index (Phi) is 6.00. The van der Waals surface area contributed by atoms with Crippen LogP contribution in [0.25, 0.3) is 0 Å². The summed E-state index contributed by atoms with van der Waals surface area (Å²) >= 11 is 12.3. The number of amides is 2. The van der Waals surface area contributed by atoms with Gasteiger partial charge in [0, 0.05) is 13.1 Å². The summed E-state index contributed by atoms with van der Waals surface area (Å²) in [6, 6.07) is 3.36. The lowest BCUT2D eigenvalue weighted by atomic mass is 9.94. The first-order chi connectivity index (χ1) is 10.8. The summed E-state index contributed by atoms with van der Waals surface area (Å²) in [5, 5.41) is 7.04. The number of urea groups is 1. The van der Waals surface area contributed by atoms with Crippen molar-refractivity contribution in [3.8, 4) is 0 Å². The van der Waals surface area contributed by atoms with E-state index in [2.05, 4.69) is 17.6 Å². The molecule has 0 bridgehead atoms. The first-order valence-corrected chi connectivity index (χ1v) is 8.56. The predicted octanol–water partition coefficient (Wildman–Crippen LogP) is 3.28. The zero-order valence-corrected chi connectivity index (χ0v) is 15.2. The molecule has 1 fully saturated rings. The lowest BCUT2D eigenvalue weighted by Crippen LogP contribution is -2.52. The number of benzene rings is 1. The molecule has 0 radical (unpaired) electrons. The minimum atomic E-state index is -0.257. The van der Waals surface area contributed by atoms with Gasteiger partial charge in [-0.05, 0) is 44.0 Å². The van der Waals surface area contributed by atoms with Crippen LogP contribution in [0.1, 0.15) is 31.9 Å². The fourth-order valence-electron chi connectivity index (χ4n) is 3.00. The molecule has 0 aliphatic carbocycles. The maximum Gasteiger partial charge on any atom is 0.317 e. The first kappa shape index (κ1) is 18.2. The molecule has 0 saturated carbocycles. The number of anilines is 1. The van der Waals surface area contributed by atoms with E-state index in [1.165, 1.54) is 0 Å². The van der Waals surface area contributed by atoms with Crippen molar-refractivity contribution in [3.05, 3.63) is 27.7 Å². The van der Waals surface area contributed by atoms with Crippen LogP contribution in [0.15, 0.2) is 12.1 Å². The molecule has 1 aromatic carbocycles. The van der Waals surface area contributed by atoms with Crippen molar-refractivity contribution in [2.24, 2.45) is 5.92 Å². The van der Waals surface area contributed by atoms with E-state index < -0.39 is 0 Å². The summed E-state index contributed by atoms with van der Waals surface area (Å²) < 4.78 is 0. The molecule has 1 saturated heterocycles. The molecule has 1 aliphatic heterocycles. The van der Waals surface area contributed by atoms with Gasteiger partial charge in [-0.2, -0.15) is 0 Å². The summed E-state index contributed by atoms with van der Waals surface area (Å²) in [4.78, 5) is 14.3. The summed E-state index contributed by atoms with van der Waals surface area (Å²) in [6.07, 6.45) is 0.952. The lowest BCUT2D eigenvalue weighted by Gasteiger charge is -2.37. The van der Waals surface area contributed by atoms with Crippen LogP contribution in [0.4, 0.5) is 10.5 Å². The quantitative estimate of drug-likeness (QED) is 0.726. The van der Waals surface area contributed by atoms with Crippen LogP contribution in [-0.4, -0.2) is 37.1 Å². The molecule has 2 amide bonds. The Morgan fingerprint density at radius 3 is 2.78 bits per heavy atom. The summed E-state index contributed by atoms with van der Waals surface area (Å²) in [5.74, 6) is 0.421. The van der Waals surface area contributed by atoms with Gasteiger partial charge in [0.1, 0.15) is 0 Å². The van der Waals surface area contributed by atoms with Gasteiger partial charge in [0.2, 0.25) is 0 Å². The van der Waals surface area contributed by atoms with Crippen molar-refractivity contribution in [1.82, 2.24) is 15.5 Å². The molecule has 0 spiro atoms. The topological polar surface area (TPSA) is 70.4 Å². The van der Waals surface area contributed by atoms with E-state index in [4.69, 9.17) is 28.9 Å². The number of nitrogens with one attached hydrogen (secondary N) is 2. The largest absolute Gasteiger partial charge is 0.397 e. The van der Waals surface area contributed by atoms with Crippen LogP contribution in [0.5, 0.6) is 0 Å². The van der Waals surface area contributed by atoms with Crippen LogP contribution in [0.3, 0.4) is 0 Å². The molecule has 3 atom stereocenters. The second-order valence-corrected chi connectivity index (χ2v) is 6.95. The zero-order valence-electron chi connectivity index (χ0n) is 13.7. The molecule has 3 unspecified atom stereocenters. The van der Waals surface area contributed by atoms with E-state index in [0.717, 1.165) is 25.1 Å². The molecule has 128 valence electrons. The third kappa shape index (κ3) is 4.03. The number of carbonyl (C=O) groups excluding carboxylic acids is 1. The molecule has 0 aromatic heterocycles. The van der Waals surface area contributed by atoms with E-state index in [0.29, 0.717) is 21.7 Å². The fraction of sp³-hybridized carbons (Fsp3) is 0.562. The maximum atomic E-state index is 12.5. The number of piperidine rings is 1. The molecule has 2 rings (SSSR count). The SMILES string of the molecule is CC(NC(=O)N(C)C1CCNCC1C)c1ccc(N)c(Cl)c1Cl. The number of nitrogens with zero attached hydrogens (tertiary/aromatic N) is 1. The molecule has 5 nitrogen and oxygen atoms in total. The van der Waals surface area contributed by atoms with Crippen LogP contribution < -0.4 is 16.4 Å². The monoisotopic (exact) mass is 358 g/mol. The molecule has 1 aromatic rings. The lowest BCUT2D eigenvalue weighted by molar-refractivity contribution is 0.149. The van der Waals surface area contributed by atoms with Gasteiger partial charge in [0.15, 0.2) is 0 Å². The molecule has 1 heterocycles. The number of nitrogen functional groups attached to an aromatic ring is 1. The minimum absolute atomic E-state index is 0.111. The maximum absolute atomic E-state index is 12.5. The minimum Gasteiger partial charge on any atom is -0.397 e. The Labute approximate surface area is 147 Å². The van der Waals surface area contributed by atoms with Gasteiger partial charge in [-0.25, -0.2) is 4.79 Å². The molecule has 23 heavy (non-hydrogen) atoms. The van der Waals surface area contributed by atoms with Gasteiger partial charge in [0.05, 0.1) is 21.8 Å². The van der Waals surface area contributed by atoms with Crippen molar-refractivity contribution in [3.63, 3.8) is 0 Å². The van der Waals surface area contributed by atoms with Crippen LogP contribution in [0, 0.1) is 5.92 Å². The summed E-state index contributed by atoms with van der Waals surface area (Å²) in [6.45, 7) is 5.89. The van der Waals surface area contributed by atoms with Crippen LogP contribution >= 0.6 is 23.2 Å². The second kappa shape index (κ2) is 7.60. The van der Waals surface area contributed by atoms with Crippen molar-refractivity contribution >= 4 is 34.9 Å². The van der Waals surface area contributed by atoms with E-state index in [1.807, 2.05) is 14.0 Å².